The van der Waals surface area contributed by atoms with Gasteiger partial charge in [0, 0.05) is 12.8 Å². The van der Waals surface area contributed by atoms with Crippen molar-refractivity contribution < 1.29 is 42.9 Å². The molecule has 0 saturated carbocycles. The van der Waals surface area contributed by atoms with Gasteiger partial charge in [-0.1, -0.05) is 264 Å². The quantitative estimate of drug-likeness (QED) is 0.0195. The van der Waals surface area contributed by atoms with E-state index >= 15 is 0 Å². The molecule has 0 rings (SSSR count). The lowest BCUT2D eigenvalue weighted by Gasteiger charge is -2.26. The molecule has 2 atom stereocenters. The van der Waals surface area contributed by atoms with Crippen LogP contribution >= 0.6 is 0 Å². The normalized spacial score (nSPS) is 12.8. The number of hydrogen-bond donors (Lipinski definition) is 0. The van der Waals surface area contributed by atoms with Crippen LogP contribution in [0.25, 0.3) is 0 Å². The third-order valence-electron chi connectivity index (χ3n) is 13.8. The van der Waals surface area contributed by atoms with E-state index in [9.17, 15) is 19.5 Å². The summed E-state index contributed by atoms with van der Waals surface area (Å²) >= 11 is 0. The zero-order valence-electron chi connectivity index (χ0n) is 47.2. The Kier molecular flexibility index (Phi) is 51.8. The minimum absolute atomic E-state index is 0.152. The molecule has 0 saturated heterocycles. The Morgan fingerprint density at radius 1 is 0.414 bits per heavy atom. The third-order valence-corrected chi connectivity index (χ3v) is 13.8. The molecule has 2 unspecified atom stereocenters. The minimum atomic E-state index is -1.62. The zero-order valence-corrected chi connectivity index (χ0v) is 47.2. The molecule has 9 nitrogen and oxygen atoms in total. The predicted molar refractivity (Wildman–Crippen MR) is 293 cm³/mol. The first-order valence-electron chi connectivity index (χ1n) is 30.3. The molecule has 0 amide bonds. The molecule has 0 heterocycles. The van der Waals surface area contributed by atoms with E-state index in [1.165, 1.54) is 238 Å². The van der Waals surface area contributed by atoms with Crippen LogP contribution in [0.2, 0.25) is 0 Å². The lowest BCUT2D eigenvalue weighted by molar-refractivity contribution is -0.870. The summed E-state index contributed by atoms with van der Waals surface area (Å²) in [5.41, 5.74) is 0. The van der Waals surface area contributed by atoms with E-state index in [2.05, 4.69) is 26.0 Å². The van der Waals surface area contributed by atoms with Gasteiger partial charge in [0.15, 0.2) is 12.4 Å². The largest absolute Gasteiger partial charge is 0.545 e. The molecule has 70 heavy (non-hydrogen) atoms. The maximum Gasteiger partial charge on any atom is 0.306 e. The van der Waals surface area contributed by atoms with Gasteiger partial charge in [0.05, 0.1) is 40.3 Å². The van der Waals surface area contributed by atoms with Crippen molar-refractivity contribution in [3.05, 3.63) is 12.2 Å². The van der Waals surface area contributed by atoms with E-state index in [1.807, 2.05) is 21.1 Å². The topological polar surface area (TPSA) is 111 Å². The van der Waals surface area contributed by atoms with Gasteiger partial charge in [-0.25, -0.2) is 0 Å². The molecule has 0 aliphatic carbocycles. The second kappa shape index (κ2) is 53.3. The van der Waals surface area contributed by atoms with Gasteiger partial charge in [-0.2, -0.15) is 0 Å². The molecule has 0 fully saturated rings. The fourth-order valence-electron chi connectivity index (χ4n) is 9.06. The van der Waals surface area contributed by atoms with Crippen LogP contribution < -0.4 is 5.11 Å². The molecule has 9 heteroatoms. The molecular formula is C61H117NO8. The number of rotatable bonds is 57. The summed E-state index contributed by atoms with van der Waals surface area (Å²) in [6.07, 6.45) is 58.3. The molecule has 0 aromatic heterocycles. The Balaban J connectivity index is 4.17. The fourth-order valence-corrected chi connectivity index (χ4v) is 9.06. The number of unbranched alkanes of at least 4 members (excludes halogenated alkanes) is 40. The van der Waals surface area contributed by atoms with Crippen LogP contribution in [-0.2, 0) is 33.3 Å². The molecule has 0 aliphatic heterocycles. The Bertz CT molecular complexity index is 1150. The van der Waals surface area contributed by atoms with E-state index < -0.39 is 24.3 Å². The van der Waals surface area contributed by atoms with Crippen LogP contribution in [0.1, 0.15) is 303 Å². The van der Waals surface area contributed by atoms with Gasteiger partial charge in [0.1, 0.15) is 13.2 Å². The molecule has 0 bridgehead atoms. The number of aliphatic carboxylic acids is 1. The molecule has 0 N–H and O–H groups in total. The van der Waals surface area contributed by atoms with Crippen molar-refractivity contribution in [1.82, 2.24) is 0 Å². The van der Waals surface area contributed by atoms with Gasteiger partial charge >= 0.3 is 11.9 Å². The smallest absolute Gasteiger partial charge is 0.306 e. The summed E-state index contributed by atoms with van der Waals surface area (Å²) in [6.45, 7) is 4.81. The van der Waals surface area contributed by atoms with Crippen LogP contribution in [0.3, 0.4) is 0 Å². The first kappa shape index (κ1) is 68.0. The second-order valence-corrected chi connectivity index (χ2v) is 22.0. The Morgan fingerprint density at radius 2 is 0.729 bits per heavy atom. The standard InChI is InChI=1S/C61H117NO8/c1-6-8-10-12-14-16-18-20-22-24-26-28-29-30-31-32-34-36-38-40-42-44-46-48-50-52-59(64)70-57(56-69-61(60(65)66)67-54-53-62(3,4)5)55-68-58(63)51-49-47-45-43-41-39-37-35-33-27-25-23-21-19-17-15-13-11-9-7-2/h24,26,57,61H,6-23,25,27-56H2,1-5H3/b26-24-. The Hall–Kier alpha value is -1.97. The Morgan fingerprint density at radius 3 is 1.06 bits per heavy atom. The highest BCUT2D eigenvalue weighted by Gasteiger charge is 2.22. The minimum Gasteiger partial charge on any atom is -0.545 e. The van der Waals surface area contributed by atoms with Crippen molar-refractivity contribution in [2.45, 2.75) is 315 Å². The number of carbonyl (C=O) groups excluding carboxylic acids is 3. The number of hydrogen-bond acceptors (Lipinski definition) is 8. The van der Waals surface area contributed by atoms with E-state index in [-0.39, 0.29) is 32.2 Å². The maximum atomic E-state index is 12.9. The van der Waals surface area contributed by atoms with Crippen molar-refractivity contribution >= 4 is 17.9 Å². The highest BCUT2D eigenvalue weighted by atomic mass is 16.7. The van der Waals surface area contributed by atoms with E-state index in [1.54, 1.807) is 0 Å². The lowest BCUT2D eigenvalue weighted by Crippen LogP contribution is -2.44. The lowest BCUT2D eigenvalue weighted by atomic mass is 10.0. The van der Waals surface area contributed by atoms with Crippen LogP contribution in [0.4, 0.5) is 0 Å². The molecular weight excluding hydrogens is 875 g/mol. The molecule has 414 valence electrons. The van der Waals surface area contributed by atoms with Gasteiger partial charge in [-0.15, -0.1) is 0 Å². The number of likely N-dealkylation sites (N-methyl/N-ethyl adjacent to an activating group) is 1. The van der Waals surface area contributed by atoms with Crippen LogP contribution in [-0.4, -0.2) is 82.3 Å². The number of allylic oxidation sites excluding steroid dienone is 2. The summed E-state index contributed by atoms with van der Waals surface area (Å²) in [7, 11) is 5.94. The molecule has 0 aromatic rings. The van der Waals surface area contributed by atoms with Crippen molar-refractivity contribution in [2.24, 2.45) is 0 Å². The highest BCUT2D eigenvalue weighted by molar-refractivity contribution is 5.70. The SMILES string of the molecule is CCCCCCCCCC/C=C\CCCCCCCCCCCCCCCC(=O)OC(COC(=O)CCCCCCCCCCCCCCCCCCCCCC)COC(OCC[N+](C)(C)C)C(=O)[O-]. The number of carboxylic acids is 1. The van der Waals surface area contributed by atoms with Gasteiger partial charge in [-0.3, -0.25) is 9.59 Å². The maximum absolute atomic E-state index is 12.9. The van der Waals surface area contributed by atoms with Crippen molar-refractivity contribution in [3.63, 3.8) is 0 Å². The summed E-state index contributed by atoms with van der Waals surface area (Å²) in [5.74, 6) is -2.26. The van der Waals surface area contributed by atoms with Gasteiger partial charge in [0.25, 0.3) is 0 Å². The van der Waals surface area contributed by atoms with Gasteiger partial charge in [0.2, 0.25) is 0 Å². The molecule has 0 aliphatic rings. The summed E-state index contributed by atoms with van der Waals surface area (Å²) < 4.78 is 22.7. The Labute approximate surface area is 434 Å². The molecule has 0 spiro atoms. The summed E-state index contributed by atoms with van der Waals surface area (Å²) in [6, 6.07) is 0. The van der Waals surface area contributed by atoms with Gasteiger partial charge < -0.3 is 33.3 Å². The van der Waals surface area contributed by atoms with Crippen molar-refractivity contribution in [1.29, 1.82) is 0 Å². The predicted octanol–water partition coefficient (Wildman–Crippen LogP) is 16.4. The zero-order chi connectivity index (χ0) is 51.3. The number of carboxylic acid groups (broad SMARTS) is 1. The van der Waals surface area contributed by atoms with Crippen LogP contribution in [0, 0.1) is 0 Å². The first-order chi connectivity index (χ1) is 34.1. The average Bonchev–Trinajstić information content (AvgIpc) is 3.33. The molecule has 0 radical (unpaired) electrons. The van der Waals surface area contributed by atoms with E-state index in [0.717, 1.165) is 38.5 Å². The number of quaternary nitrogens is 1. The molecule has 0 aromatic carbocycles. The third kappa shape index (κ3) is 53.8. The number of ether oxygens (including phenoxy) is 4. The van der Waals surface area contributed by atoms with Gasteiger partial charge in [-0.05, 0) is 38.5 Å². The number of nitrogens with zero attached hydrogens (tertiary/aromatic N) is 1. The second-order valence-electron chi connectivity index (χ2n) is 22.0. The first-order valence-corrected chi connectivity index (χ1v) is 30.3. The average molecular weight is 993 g/mol. The van der Waals surface area contributed by atoms with E-state index in [4.69, 9.17) is 18.9 Å². The van der Waals surface area contributed by atoms with Crippen LogP contribution in [0.15, 0.2) is 12.2 Å². The highest BCUT2D eigenvalue weighted by Crippen LogP contribution is 2.18. The van der Waals surface area contributed by atoms with Crippen LogP contribution in [0.5, 0.6) is 0 Å². The number of carbonyl (C=O) groups is 3. The number of esters is 2. The summed E-state index contributed by atoms with van der Waals surface area (Å²) in [4.78, 5) is 37.3. The van der Waals surface area contributed by atoms with E-state index in [0.29, 0.717) is 17.4 Å². The summed E-state index contributed by atoms with van der Waals surface area (Å²) in [5, 5.41) is 11.8. The monoisotopic (exact) mass is 992 g/mol. The fraction of sp³-hybridized carbons (Fsp3) is 0.918. The van der Waals surface area contributed by atoms with Crippen molar-refractivity contribution in [3.8, 4) is 0 Å². The van der Waals surface area contributed by atoms with Crippen molar-refractivity contribution in [2.75, 3.05) is 47.5 Å².